The van der Waals surface area contributed by atoms with Gasteiger partial charge >= 0.3 is 6.03 Å². The molecular weight excluding hydrogens is 290 g/mol. The van der Waals surface area contributed by atoms with Gasteiger partial charge < -0.3 is 16.0 Å². The maximum Gasteiger partial charge on any atom is 0.316 e. The van der Waals surface area contributed by atoms with Crippen molar-refractivity contribution in [3.05, 3.63) is 64.7 Å². The molecule has 3 amide bonds. The smallest absolute Gasteiger partial charge is 0.316 e. The second-order valence-electron chi connectivity index (χ2n) is 5.66. The lowest BCUT2D eigenvalue weighted by atomic mass is 10.1. The molecule has 0 fully saturated rings. The molecule has 2 aromatic rings. The van der Waals surface area contributed by atoms with Gasteiger partial charge in [-0.25, -0.2) is 4.79 Å². The molecule has 0 bridgehead atoms. The molecular formula is C18H21N3O2. The van der Waals surface area contributed by atoms with Crippen molar-refractivity contribution in [3.8, 4) is 0 Å². The predicted octanol–water partition coefficient (Wildman–Crippen LogP) is 3.07. The van der Waals surface area contributed by atoms with Gasteiger partial charge in [0, 0.05) is 24.8 Å². The minimum Gasteiger partial charge on any atom is -0.351 e. The zero-order chi connectivity index (χ0) is 17.0. The van der Waals surface area contributed by atoms with Crippen LogP contribution in [0.25, 0.3) is 0 Å². The van der Waals surface area contributed by atoms with E-state index in [0.29, 0.717) is 17.8 Å². The van der Waals surface area contributed by atoms with Crippen LogP contribution in [0.4, 0.5) is 10.5 Å². The summed E-state index contributed by atoms with van der Waals surface area (Å²) < 4.78 is 0. The molecule has 0 radical (unpaired) electrons. The second-order valence-corrected chi connectivity index (χ2v) is 5.66. The van der Waals surface area contributed by atoms with E-state index < -0.39 is 6.03 Å². The predicted molar refractivity (Wildman–Crippen MR) is 91.4 cm³/mol. The van der Waals surface area contributed by atoms with E-state index in [1.165, 1.54) is 5.56 Å². The number of nitrogens with zero attached hydrogens (tertiary/aromatic N) is 1. The number of carbonyl (C=O) groups excluding carboxylic acids is 2. The summed E-state index contributed by atoms with van der Waals surface area (Å²) in [5.41, 5.74) is 9.57. The number of carbonyl (C=O) groups is 2. The molecule has 2 rings (SSSR count). The Kier molecular flexibility index (Phi) is 5.01. The second kappa shape index (κ2) is 6.96. The van der Waals surface area contributed by atoms with Gasteiger partial charge in [-0.2, -0.15) is 0 Å². The fourth-order valence-corrected chi connectivity index (χ4v) is 2.44. The third-order valence-corrected chi connectivity index (χ3v) is 3.63. The summed E-state index contributed by atoms with van der Waals surface area (Å²) >= 11 is 0. The Morgan fingerprint density at radius 1 is 1.13 bits per heavy atom. The van der Waals surface area contributed by atoms with Crippen LogP contribution in [0.5, 0.6) is 0 Å². The maximum atomic E-state index is 12.5. The largest absolute Gasteiger partial charge is 0.351 e. The van der Waals surface area contributed by atoms with E-state index in [9.17, 15) is 9.59 Å². The van der Waals surface area contributed by atoms with Crippen LogP contribution in [-0.4, -0.2) is 23.9 Å². The first-order valence-corrected chi connectivity index (χ1v) is 7.35. The third kappa shape index (κ3) is 4.32. The molecule has 23 heavy (non-hydrogen) atoms. The van der Waals surface area contributed by atoms with Gasteiger partial charge in [0.05, 0.1) is 0 Å². The van der Waals surface area contributed by atoms with Crippen LogP contribution in [0.1, 0.15) is 27.0 Å². The highest BCUT2D eigenvalue weighted by Crippen LogP contribution is 2.16. The Morgan fingerprint density at radius 3 is 2.52 bits per heavy atom. The van der Waals surface area contributed by atoms with E-state index >= 15 is 0 Å². The molecule has 5 heteroatoms. The van der Waals surface area contributed by atoms with Crippen molar-refractivity contribution in [1.82, 2.24) is 4.90 Å². The topological polar surface area (TPSA) is 75.4 Å². The van der Waals surface area contributed by atoms with E-state index in [-0.39, 0.29) is 5.91 Å². The number of hydrogen-bond acceptors (Lipinski definition) is 2. The van der Waals surface area contributed by atoms with E-state index in [4.69, 9.17) is 5.73 Å². The average Bonchev–Trinajstić information content (AvgIpc) is 2.49. The van der Waals surface area contributed by atoms with Crippen LogP contribution in [-0.2, 0) is 6.54 Å². The lowest BCUT2D eigenvalue weighted by Crippen LogP contribution is -2.27. The number of benzene rings is 2. The van der Waals surface area contributed by atoms with Gasteiger partial charge in [0.1, 0.15) is 0 Å². The van der Waals surface area contributed by atoms with Crippen LogP contribution >= 0.6 is 0 Å². The van der Waals surface area contributed by atoms with Crippen molar-refractivity contribution >= 4 is 17.6 Å². The maximum absolute atomic E-state index is 12.5. The van der Waals surface area contributed by atoms with E-state index in [1.54, 1.807) is 36.2 Å². The Bertz CT molecular complexity index is 741. The number of anilines is 1. The van der Waals surface area contributed by atoms with Crippen molar-refractivity contribution in [1.29, 1.82) is 0 Å². The van der Waals surface area contributed by atoms with Crippen molar-refractivity contribution in [2.75, 3.05) is 12.4 Å². The minimum absolute atomic E-state index is 0.113. The molecule has 0 saturated heterocycles. The highest BCUT2D eigenvalue weighted by atomic mass is 16.2. The van der Waals surface area contributed by atoms with Crippen molar-refractivity contribution in [3.63, 3.8) is 0 Å². The molecule has 0 heterocycles. The van der Waals surface area contributed by atoms with E-state index in [2.05, 4.69) is 11.4 Å². The lowest BCUT2D eigenvalue weighted by molar-refractivity contribution is 0.0785. The van der Waals surface area contributed by atoms with Gasteiger partial charge in [-0.05, 0) is 43.2 Å². The van der Waals surface area contributed by atoms with Crippen molar-refractivity contribution in [2.45, 2.75) is 20.4 Å². The van der Waals surface area contributed by atoms with Crippen LogP contribution < -0.4 is 11.1 Å². The molecule has 0 saturated carbocycles. The molecule has 0 aliphatic carbocycles. The molecule has 0 spiro atoms. The monoisotopic (exact) mass is 311 g/mol. The van der Waals surface area contributed by atoms with Gasteiger partial charge in [-0.1, -0.05) is 29.8 Å². The van der Waals surface area contributed by atoms with Crippen molar-refractivity contribution in [2.24, 2.45) is 5.73 Å². The molecule has 2 aromatic carbocycles. The van der Waals surface area contributed by atoms with Crippen molar-refractivity contribution < 1.29 is 9.59 Å². The number of primary amides is 1. The molecule has 0 atom stereocenters. The van der Waals surface area contributed by atoms with Gasteiger partial charge in [0.25, 0.3) is 5.91 Å². The highest BCUT2D eigenvalue weighted by molar-refractivity contribution is 5.96. The molecule has 0 unspecified atom stereocenters. The Morgan fingerprint density at radius 2 is 1.87 bits per heavy atom. The molecule has 0 aromatic heterocycles. The average molecular weight is 311 g/mol. The first-order chi connectivity index (χ1) is 10.9. The van der Waals surface area contributed by atoms with Gasteiger partial charge in [-0.15, -0.1) is 0 Å². The SMILES string of the molecule is Cc1ccc(CN(C)C(=O)c2cccc(NC(N)=O)c2)c(C)c1. The van der Waals surface area contributed by atoms with Gasteiger partial charge in [0.15, 0.2) is 0 Å². The Hall–Kier alpha value is -2.82. The Balaban J connectivity index is 2.14. The van der Waals surface area contributed by atoms with Gasteiger partial charge in [0.2, 0.25) is 0 Å². The van der Waals surface area contributed by atoms with Crippen LogP contribution in [0.2, 0.25) is 0 Å². The summed E-state index contributed by atoms with van der Waals surface area (Å²) in [7, 11) is 1.76. The number of nitrogens with two attached hydrogens (primary N) is 1. The normalized spacial score (nSPS) is 10.2. The fraction of sp³-hybridized carbons (Fsp3) is 0.222. The zero-order valence-electron chi connectivity index (χ0n) is 13.6. The minimum atomic E-state index is -0.654. The standard InChI is InChI=1S/C18H21N3O2/c1-12-7-8-15(13(2)9-12)11-21(3)17(22)14-5-4-6-16(10-14)20-18(19)23/h4-10H,11H2,1-3H3,(H3,19,20,23). The van der Waals surface area contributed by atoms with E-state index in [0.717, 1.165) is 11.1 Å². The highest BCUT2D eigenvalue weighted by Gasteiger charge is 2.13. The summed E-state index contributed by atoms with van der Waals surface area (Å²) in [4.78, 5) is 25.1. The van der Waals surface area contributed by atoms with E-state index in [1.807, 2.05) is 26.0 Å². The quantitative estimate of drug-likeness (QED) is 0.910. The first kappa shape index (κ1) is 16.5. The summed E-state index contributed by atoms with van der Waals surface area (Å²) in [6.07, 6.45) is 0. The number of hydrogen-bond donors (Lipinski definition) is 2. The van der Waals surface area contributed by atoms with Crippen LogP contribution in [0.15, 0.2) is 42.5 Å². The molecule has 5 nitrogen and oxygen atoms in total. The molecule has 120 valence electrons. The zero-order valence-corrected chi connectivity index (χ0v) is 13.6. The number of urea groups is 1. The third-order valence-electron chi connectivity index (χ3n) is 3.63. The first-order valence-electron chi connectivity index (χ1n) is 7.35. The lowest BCUT2D eigenvalue weighted by Gasteiger charge is -2.19. The number of rotatable bonds is 4. The summed E-state index contributed by atoms with van der Waals surface area (Å²) in [5.74, 6) is -0.113. The Labute approximate surface area is 136 Å². The number of amides is 3. The number of nitrogens with one attached hydrogen (secondary N) is 1. The summed E-state index contributed by atoms with van der Waals surface area (Å²) in [6, 6.07) is 12.3. The van der Waals surface area contributed by atoms with Gasteiger partial charge in [-0.3, -0.25) is 4.79 Å². The summed E-state index contributed by atoms with van der Waals surface area (Å²) in [6.45, 7) is 4.61. The number of aryl methyl sites for hydroxylation is 2. The molecule has 3 N–H and O–H groups in total. The summed E-state index contributed by atoms with van der Waals surface area (Å²) in [5, 5.41) is 2.47. The van der Waals surface area contributed by atoms with Crippen LogP contribution in [0, 0.1) is 13.8 Å². The molecule has 0 aliphatic rings. The van der Waals surface area contributed by atoms with Crippen LogP contribution in [0.3, 0.4) is 0 Å². The fourth-order valence-electron chi connectivity index (χ4n) is 2.44. The molecule has 0 aliphatic heterocycles.